The molecule has 0 spiro atoms. The van der Waals surface area contributed by atoms with E-state index in [2.05, 4.69) is 0 Å². The van der Waals surface area contributed by atoms with Gasteiger partial charge in [-0.2, -0.15) is 0 Å². The zero-order valence-electron chi connectivity index (χ0n) is 7.70. The third kappa shape index (κ3) is 2.53. The second-order valence-corrected chi connectivity index (χ2v) is 3.56. The van der Waals surface area contributed by atoms with Gasteiger partial charge < -0.3 is 14.9 Å². The number of hydrogen-bond donors (Lipinski definition) is 2. The van der Waals surface area contributed by atoms with E-state index in [0.29, 0.717) is 5.75 Å². The molecular weight excluding hydrogens is 243 g/mol. The van der Waals surface area contributed by atoms with Gasteiger partial charge >= 0.3 is 5.97 Å². The van der Waals surface area contributed by atoms with E-state index in [4.69, 9.17) is 33.0 Å². The van der Waals surface area contributed by atoms with Crippen LogP contribution in [0.25, 0.3) is 0 Å². The summed E-state index contributed by atoms with van der Waals surface area (Å²) < 4.78 is 4.88. The molecule has 1 aromatic carbocycles. The Morgan fingerprint density at radius 3 is 2.47 bits per heavy atom. The molecule has 0 saturated carbocycles. The summed E-state index contributed by atoms with van der Waals surface area (Å²) in [5.74, 6) is -1.07. The molecule has 0 aromatic heterocycles. The third-order valence-electron chi connectivity index (χ3n) is 1.80. The zero-order chi connectivity index (χ0) is 11.6. The van der Waals surface area contributed by atoms with E-state index in [-0.39, 0.29) is 15.6 Å². The number of carboxylic acid groups (broad SMARTS) is 1. The van der Waals surface area contributed by atoms with Gasteiger partial charge in [-0.15, -0.1) is 0 Å². The maximum atomic E-state index is 10.5. The largest absolute Gasteiger partial charge is 0.495 e. The Balaban J connectivity index is 3.21. The molecule has 1 aromatic rings. The standard InChI is InChI=1S/C9H8Cl2O4/c1-15-7-3-5(10)4(2-6(7)11)8(12)9(13)14/h2-3,8,12H,1H3,(H,13,14). The lowest BCUT2D eigenvalue weighted by atomic mass is 10.1. The van der Waals surface area contributed by atoms with Gasteiger partial charge in [-0.25, -0.2) is 4.79 Å². The van der Waals surface area contributed by atoms with E-state index in [0.717, 1.165) is 0 Å². The average molecular weight is 251 g/mol. The first kappa shape index (κ1) is 12.1. The lowest BCUT2D eigenvalue weighted by molar-refractivity contribution is -0.146. The van der Waals surface area contributed by atoms with E-state index < -0.39 is 12.1 Å². The van der Waals surface area contributed by atoms with Crippen LogP contribution in [0.1, 0.15) is 11.7 Å². The molecule has 2 N–H and O–H groups in total. The molecule has 82 valence electrons. The number of aliphatic hydroxyl groups is 1. The van der Waals surface area contributed by atoms with Crippen molar-refractivity contribution in [2.45, 2.75) is 6.10 Å². The summed E-state index contributed by atoms with van der Waals surface area (Å²) >= 11 is 11.5. The monoisotopic (exact) mass is 250 g/mol. The van der Waals surface area contributed by atoms with Crippen molar-refractivity contribution in [1.82, 2.24) is 0 Å². The molecule has 0 amide bonds. The fourth-order valence-electron chi connectivity index (χ4n) is 1.04. The molecule has 0 radical (unpaired) electrons. The van der Waals surface area contributed by atoms with Crippen molar-refractivity contribution in [1.29, 1.82) is 0 Å². The van der Waals surface area contributed by atoms with Crippen LogP contribution in [0, 0.1) is 0 Å². The first-order valence-corrected chi connectivity index (χ1v) is 4.66. The van der Waals surface area contributed by atoms with Crippen molar-refractivity contribution < 1.29 is 19.7 Å². The predicted octanol–water partition coefficient (Wildman–Crippen LogP) is 2.12. The van der Waals surface area contributed by atoms with Gasteiger partial charge in [0.25, 0.3) is 0 Å². The number of ether oxygens (including phenoxy) is 1. The highest BCUT2D eigenvalue weighted by molar-refractivity contribution is 6.35. The minimum absolute atomic E-state index is 0.0370. The fraction of sp³-hybridized carbons (Fsp3) is 0.222. The van der Waals surface area contributed by atoms with E-state index in [1.807, 2.05) is 0 Å². The normalized spacial score (nSPS) is 12.3. The van der Waals surface area contributed by atoms with Gasteiger partial charge in [0.05, 0.1) is 17.2 Å². The molecule has 0 aliphatic rings. The van der Waals surface area contributed by atoms with Crippen LogP contribution in [0.2, 0.25) is 10.0 Å². The van der Waals surface area contributed by atoms with Crippen molar-refractivity contribution in [3.63, 3.8) is 0 Å². The van der Waals surface area contributed by atoms with Crippen molar-refractivity contribution >= 4 is 29.2 Å². The summed E-state index contributed by atoms with van der Waals surface area (Å²) in [6.45, 7) is 0. The Labute approximate surface area is 96.0 Å². The van der Waals surface area contributed by atoms with Crippen molar-refractivity contribution in [3.8, 4) is 5.75 Å². The highest BCUT2D eigenvalue weighted by atomic mass is 35.5. The van der Waals surface area contributed by atoms with Gasteiger partial charge in [-0.1, -0.05) is 23.2 Å². The Kier molecular flexibility index (Phi) is 3.79. The molecule has 0 aliphatic heterocycles. The first-order valence-electron chi connectivity index (χ1n) is 3.91. The zero-order valence-corrected chi connectivity index (χ0v) is 9.21. The molecule has 6 heteroatoms. The molecule has 15 heavy (non-hydrogen) atoms. The van der Waals surface area contributed by atoms with E-state index in [1.54, 1.807) is 0 Å². The van der Waals surface area contributed by atoms with Gasteiger partial charge in [0.2, 0.25) is 0 Å². The SMILES string of the molecule is COc1cc(Cl)c(C(O)C(=O)O)cc1Cl. The highest BCUT2D eigenvalue weighted by Crippen LogP contribution is 2.33. The van der Waals surface area contributed by atoms with E-state index >= 15 is 0 Å². The number of rotatable bonds is 3. The molecule has 0 bridgehead atoms. The molecule has 1 unspecified atom stereocenters. The Hall–Kier alpha value is -0.970. The minimum Gasteiger partial charge on any atom is -0.495 e. The quantitative estimate of drug-likeness (QED) is 0.863. The van der Waals surface area contributed by atoms with Gasteiger partial charge in [0.15, 0.2) is 6.10 Å². The molecular formula is C9H8Cl2O4. The topological polar surface area (TPSA) is 66.8 Å². The second kappa shape index (κ2) is 4.70. The Morgan fingerprint density at radius 2 is 2.00 bits per heavy atom. The van der Waals surface area contributed by atoms with Crippen LogP contribution in [-0.2, 0) is 4.79 Å². The smallest absolute Gasteiger partial charge is 0.337 e. The number of halogens is 2. The number of benzene rings is 1. The average Bonchev–Trinajstić information content (AvgIpc) is 2.19. The number of carboxylic acids is 1. The summed E-state index contributed by atoms with van der Waals surface area (Å²) in [6, 6.07) is 2.62. The maximum absolute atomic E-state index is 10.5. The summed E-state index contributed by atoms with van der Waals surface area (Å²) in [4.78, 5) is 10.5. The molecule has 0 heterocycles. The van der Waals surface area contributed by atoms with E-state index in [9.17, 15) is 9.90 Å². The molecule has 0 saturated heterocycles. The molecule has 1 atom stereocenters. The molecule has 0 aliphatic carbocycles. The van der Waals surface area contributed by atoms with Crippen LogP contribution < -0.4 is 4.74 Å². The maximum Gasteiger partial charge on any atom is 0.337 e. The van der Waals surface area contributed by atoms with Gasteiger partial charge in [-0.3, -0.25) is 0 Å². The van der Waals surface area contributed by atoms with Crippen molar-refractivity contribution in [2.24, 2.45) is 0 Å². The minimum atomic E-state index is -1.69. The van der Waals surface area contributed by atoms with Gasteiger partial charge in [-0.05, 0) is 6.07 Å². The summed E-state index contributed by atoms with van der Waals surface area (Å²) in [5.41, 5.74) is 0.0370. The van der Waals surface area contributed by atoms with Crippen LogP contribution in [0.4, 0.5) is 0 Å². The van der Waals surface area contributed by atoms with Crippen molar-refractivity contribution in [3.05, 3.63) is 27.7 Å². The lowest BCUT2D eigenvalue weighted by Crippen LogP contribution is -2.11. The predicted molar refractivity (Wildman–Crippen MR) is 55.6 cm³/mol. The van der Waals surface area contributed by atoms with Crippen LogP contribution in [0.15, 0.2) is 12.1 Å². The molecule has 0 fully saturated rings. The van der Waals surface area contributed by atoms with Crippen LogP contribution in [0.3, 0.4) is 0 Å². The van der Waals surface area contributed by atoms with Gasteiger partial charge in [0, 0.05) is 11.6 Å². The van der Waals surface area contributed by atoms with Crippen LogP contribution >= 0.6 is 23.2 Å². The lowest BCUT2D eigenvalue weighted by Gasteiger charge is -2.11. The molecule has 4 nitrogen and oxygen atoms in total. The number of methoxy groups -OCH3 is 1. The number of carbonyl (C=O) groups is 1. The number of aliphatic carboxylic acids is 1. The Morgan fingerprint density at radius 1 is 1.40 bits per heavy atom. The highest BCUT2D eigenvalue weighted by Gasteiger charge is 2.20. The number of hydrogen-bond acceptors (Lipinski definition) is 3. The molecule has 1 rings (SSSR count). The van der Waals surface area contributed by atoms with E-state index in [1.165, 1.54) is 19.2 Å². The van der Waals surface area contributed by atoms with Crippen LogP contribution in [-0.4, -0.2) is 23.3 Å². The van der Waals surface area contributed by atoms with Crippen LogP contribution in [0.5, 0.6) is 5.75 Å². The summed E-state index contributed by atoms with van der Waals surface area (Å²) in [6.07, 6.45) is -1.69. The van der Waals surface area contributed by atoms with Crippen molar-refractivity contribution in [2.75, 3.05) is 7.11 Å². The first-order chi connectivity index (χ1) is 6.97. The third-order valence-corrected chi connectivity index (χ3v) is 2.42. The second-order valence-electron chi connectivity index (χ2n) is 2.75. The Bertz CT molecular complexity index is 392. The summed E-state index contributed by atoms with van der Waals surface area (Å²) in [5, 5.41) is 18.2. The fourth-order valence-corrected chi connectivity index (χ4v) is 1.55. The number of aliphatic hydroxyl groups excluding tert-OH is 1. The van der Waals surface area contributed by atoms with Gasteiger partial charge in [0.1, 0.15) is 5.75 Å². The summed E-state index contributed by atoms with van der Waals surface area (Å²) in [7, 11) is 1.41.